The van der Waals surface area contributed by atoms with Gasteiger partial charge in [-0.15, -0.1) is 0 Å². The number of hydrogen-bond acceptors (Lipinski definition) is 4. The van der Waals surface area contributed by atoms with Crippen LogP contribution < -0.4 is 4.74 Å². The Kier molecular flexibility index (Phi) is 5.11. The number of allylic oxidation sites excluding steroid dienone is 1. The Balaban J connectivity index is 3.11. The fraction of sp³-hybridized carbons (Fsp3) is 0.286. The summed E-state index contributed by atoms with van der Waals surface area (Å²) in [4.78, 5) is 22.1. The van der Waals surface area contributed by atoms with Crippen LogP contribution in [0.1, 0.15) is 29.8 Å². The van der Waals surface area contributed by atoms with Crippen LogP contribution in [0, 0.1) is 0 Å². The highest BCUT2D eigenvalue weighted by molar-refractivity contribution is 5.91. The zero-order valence-corrected chi connectivity index (χ0v) is 10.7. The number of hydrogen-bond donors (Lipinski definition) is 0. The molecule has 0 heterocycles. The molecule has 1 aromatic carbocycles. The lowest BCUT2D eigenvalue weighted by molar-refractivity contribution is -0.104. The maximum atomic E-state index is 11.6. The van der Waals surface area contributed by atoms with Crippen LogP contribution in [0.25, 0.3) is 6.08 Å². The van der Waals surface area contributed by atoms with Gasteiger partial charge < -0.3 is 9.47 Å². The van der Waals surface area contributed by atoms with Crippen molar-refractivity contribution in [3.63, 3.8) is 0 Å². The highest BCUT2D eigenvalue weighted by Gasteiger charge is 2.10. The third kappa shape index (κ3) is 3.45. The minimum Gasteiger partial charge on any atom is -0.496 e. The zero-order valence-electron chi connectivity index (χ0n) is 10.7. The molecule has 0 unspecified atom stereocenters. The topological polar surface area (TPSA) is 52.6 Å². The van der Waals surface area contributed by atoms with E-state index in [9.17, 15) is 9.59 Å². The quantitative estimate of drug-likeness (QED) is 0.456. The molecule has 0 radical (unpaired) electrons. The van der Waals surface area contributed by atoms with E-state index in [1.807, 2.05) is 0 Å². The minimum atomic E-state index is -0.390. The Bertz CT molecular complexity index is 475. The summed E-state index contributed by atoms with van der Waals surface area (Å²) >= 11 is 0. The Labute approximate surface area is 106 Å². The molecule has 0 bridgehead atoms. The van der Waals surface area contributed by atoms with Crippen LogP contribution in [0.2, 0.25) is 0 Å². The molecule has 18 heavy (non-hydrogen) atoms. The van der Waals surface area contributed by atoms with Crippen LogP contribution in [0.15, 0.2) is 23.8 Å². The number of benzene rings is 1. The highest BCUT2D eigenvalue weighted by atomic mass is 16.5. The summed E-state index contributed by atoms with van der Waals surface area (Å²) < 4.78 is 10.1. The Hall–Kier alpha value is -2.10. The fourth-order valence-electron chi connectivity index (χ4n) is 1.45. The first-order chi connectivity index (χ1) is 8.62. The molecule has 0 saturated heterocycles. The fourth-order valence-corrected chi connectivity index (χ4v) is 1.45. The lowest BCUT2D eigenvalue weighted by atomic mass is 10.1. The minimum absolute atomic E-state index is 0.326. The summed E-state index contributed by atoms with van der Waals surface area (Å²) in [6, 6.07) is 4.96. The summed E-state index contributed by atoms with van der Waals surface area (Å²) in [7, 11) is 1.51. The number of rotatable bonds is 5. The number of methoxy groups -OCH3 is 1. The molecule has 4 heteroatoms. The van der Waals surface area contributed by atoms with Crippen molar-refractivity contribution >= 4 is 18.3 Å². The summed E-state index contributed by atoms with van der Waals surface area (Å²) in [5.41, 5.74) is 1.75. The van der Waals surface area contributed by atoms with Gasteiger partial charge in [-0.1, -0.05) is 6.07 Å². The van der Waals surface area contributed by atoms with E-state index in [0.717, 1.165) is 11.8 Å². The van der Waals surface area contributed by atoms with Crippen molar-refractivity contribution in [2.75, 3.05) is 13.7 Å². The maximum Gasteiger partial charge on any atom is 0.338 e. The second-order valence-electron chi connectivity index (χ2n) is 3.68. The summed E-state index contributed by atoms with van der Waals surface area (Å²) in [6.45, 7) is 3.78. The summed E-state index contributed by atoms with van der Waals surface area (Å²) in [5, 5.41) is 0. The van der Waals surface area contributed by atoms with Gasteiger partial charge in [0.15, 0.2) is 0 Å². The summed E-state index contributed by atoms with van der Waals surface area (Å²) in [5.74, 6) is 0.139. The molecule has 0 aliphatic heterocycles. The molecule has 0 aliphatic rings. The number of esters is 1. The van der Waals surface area contributed by atoms with Crippen LogP contribution in [-0.4, -0.2) is 26.0 Å². The molecule has 0 spiro atoms. The maximum absolute atomic E-state index is 11.6. The first-order valence-electron chi connectivity index (χ1n) is 5.61. The van der Waals surface area contributed by atoms with Gasteiger partial charge in [0, 0.05) is 5.56 Å². The largest absolute Gasteiger partial charge is 0.496 e. The van der Waals surface area contributed by atoms with Crippen LogP contribution >= 0.6 is 0 Å². The Morgan fingerprint density at radius 3 is 2.67 bits per heavy atom. The van der Waals surface area contributed by atoms with E-state index in [1.54, 1.807) is 38.1 Å². The third-order valence-electron chi connectivity index (χ3n) is 2.31. The predicted octanol–water partition coefficient (Wildman–Crippen LogP) is 2.47. The van der Waals surface area contributed by atoms with E-state index in [1.165, 1.54) is 7.11 Å². The standard InChI is InChI=1S/C14H16O4/c1-4-18-14(16)12-6-5-11(7-10(2)9-15)13(8-12)17-3/h5-9H,4H2,1-3H3/b10-7+. The average molecular weight is 248 g/mol. The van der Waals surface area contributed by atoms with E-state index in [-0.39, 0.29) is 0 Å². The lowest BCUT2D eigenvalue weighted by Crippen LogP contribution is -2.05. The van der Waals surface area contributed by atoms with Gasteiger partial charge in [-0.3, -0.25) is 4.79 Å². The van der Waals surface area contributed by atoms with Gasteiger partial charge in [-0.25, -0.2) is 4.79 Å². The van der Waals surface area contributed by atoms with Crippen LogP contribution in [-0.2, 0) is 9.53 Å². The SMILES string of the molecule is CCOC(=O)c1ccc(/C=C(\C)C=O)c(OC)c1. The molecule has 0 aromatic heterocycles. The Morgan fingerprint density at radius 1 is 1.39 bits per heavy atom. The van der Waals surface area contributed by atoms with Crippen molar-refractivity contribution in [3.8, 4) is 5.75 Å². The van der Waals surface area contributed by atoms with Crippen molar-refractivity contribution in [1.29, 1.82) is 0 Å². The number of ether oxygens (including phenoxy) is 2. The number of carbonyl (C=O) groups is 2. The van der Waals surface area contributed by atoms with E-state index >= 15 is 0 Å². The normalized spacial score (nSPS) is 10.9. The zero-order chi connectivity index (χ0) is 13.5. The van der Waals surface area contributed by atoms with Crippen molar-refractivity contribution < 1.29 is 19.1 Å². The van der Waals surface area contributed by atoms with E-state index < -0.39 is 5.97 Å². The van der Waals surface area contributed by atoms with Crippen molar-refractivity contribution in [1.82, 2.24) is 0 Å². The first kappa shape index (κ1) is 14.0. The van der Waals surface area contributed by atoms with Gasteiger partial charge in [0.1, 0.15) is 12.0 Å². The molecular formula is C14H16O4. The van der Waals surface area contributed by atoms with E-state index in [0.29, 0.717) is 23.5 Å². The smallest absolute Gasteiger partial charge is 0.338 e. The van der Waals surface area contributed by atoms with E-state index in [4.69, 9.17) is 9.47 Å². The molecule has 1 rings (SSSR count). The molecule has 0 N–H and O–H groups in total. The van der Waals surface area contributed by atoms with Gasteiger partial charge in [0.05, 0.1) is 19.3 Å². The lowest BCUT2D eigenvalue weighted by Gasteiger charge is -2.08. The molecule has 0 amide bonds. The molecule has 0 aliphatic carbocycles. The van der Waals surface area contributed by atoms with Gasteiger partial charge in [0.2, 0.25) is 0 Å². The van der Waals surface area contributed by atoms with Crippen molar-refractivity contribution in [2.24, 2.45) is 0 Å². The Morgan fingerprint density at radius 2 is 2.11 bits per heavy atom. The highest BCUT2D eigenvalue weighted by Crippen LogP contribution is 2.23. The monoisotopic (exact) mass is 248 g/mol. The van der Waals surface area contributed by atoms with Crippen LogP contribution in [0.4, 0.5) is 0 Å². The van der Waals surface area contributed by atoms with Crippen LogP contribution in [0.5, 0.6) is 5.75 Å². The molecule has 0 fully saturated rings. The second-order valence-corrected chi connectivity index (χ2v) is 3.68. The molecule has 1 aromatic rings. The van der Waals surface area contributed by atoms with Crippen molar-refractivity contribution in [3.05, 3.63) is 34.9 Å². The average Bonchev–Trinajstić information content (AvgIpc) is 2.39. The van der Waals surface area contributed by atoms with Gasteiger partial charge in [0.25, 0.3) is 0 Å². The first-order valence-corrected chi connectivity index (χ1v) is 5.61. The number of aldehydes is 1. The van der Waals surface area contributed by atoms with Gasteiger partial charge in [-0.2, -0.15) is 0 Å². The number of carbonyl (C=O) groups excluding carboxylic acids is 2. The molecule has 4 nitrogen and oxygen atoms in total. The van der Waals surface area contributed by atoms with E-state index in [2.05, 4.69) is 0 Å². The molecular weight excluding hydrogens is 232 g/mol. The third-order valence-corrected chi connectivity index (χ3v) is 2.31. The molecule has 96 valence electrons. The second kappa shape index (κ2) is 6.59. The van der Waals surface area contributed by atoms with Crippen molar-refractivity contribution in [2.45, 2.75) is 13.8 Å². The van der Waals surface area contributed by atoms with Gasteiger partial charge >= 0.3 is 5.97 Å². The molecule has 0 saturated carbocycles. The van der Waals surface area contributed by atoms with Gasteiger partial charge in [-0.05, 0) is 37.6 Å². The summed E-state index contributed by atoms with van der Waals surface area (Å²) in [6.07, 6.45) is 2.46. The van der Waals surface area contributed by atoms with Crippen LogP contribution in [0.3, 0.4) is 0 Å². The predicted molar refractivity (Wildman–Crippen MR) is 68.7 cm³/mol. The molecule has 0 atom stereocenters.